The predicted molar refractivity (Wildman–Crippen MR) is 92.5 cm³/mol. The van der Waals surface area contributed by atoms with E-state index < -0.39 is 35.7 Å². The molecule has 2 bridgehead atoms. The van der Waals surface area contributed by atoms with Crippen molar-refractivity contribution < 1.29 is 25.5 Å². The molecule has 4 aliphatic carbocycles. The first-order chi connectivity index (χ1) is 11.5. The maximum atomic E-state index is 11.1. The van der Waals surface area contributed by atoms with Crippen molar-refractivity contribution in [3.63, 3.8) is 0 Å². The van der Waals surface area contributed by atoms with E-state index in [2.05, 4.69) is 20.8 Å². The van der Waals surface area contributed by atoms with Crippen molar-refractivity contribution >= 4 is 0 Å². The van der Waals surface area contributed by atoms with Crippen LogP contribution >= 0.6 is 0 Å². The van der Waals surface area contributed by atoms with Crippen molar-refractivity contribution in [2.75, 3.05) is 6.61 Å². The van der Waals surface area contributed by atoms with Crippen LogP contribution in [0.1, 0.15) is 59.3 Å². The second-order valence-electron chi connectivity index (χ2n) is 10.5. The van der Waals surface area contributed by atoms with Crippen molar-refractivity contribution in [1.29, 1.82) is 0 Å². The fraction of sp³-hybridized carbons (Fsp3) is 1.00. The van der Waals surface area contributed by atoms with Gasteiger partial charge < -0.3 is 25.5 Å². The Labute approximate surface area is 150 Å². The number of aliphatic hydroxyl groups excluding tert-OH is 4. The Morgan fingerprint density at radius 2 is 1.60 bits per heavy atom. The van der Waals surface area contributed by atoms with Gasteiger partial charge in [0.2, 0.25) is 0 Å². The number of hydrogen-bond acceptors (Lipinski definition) is 5. The number of fused-ring (bicyclic) bond motifs is 3. The zero-order valence-electron chi connectivity index (χ0n) is 15.6. The lowest BCUT2D eigenvalue weighted by Crippen LogP contribution is -2.64. The first kappa shape index (κ1) is 18.2. The molecule has 0 aromatic carbocycles. The SMILES string of the molecule is CC1(C)C[C@@H](O)C[C@]2(C)[C@@H]1CC[C@@]13[C@H](O)[C@@H](CC[C@@H]21)[C@@](O)(CO)[C@@H]3O. The van der Waals surface area contributed by atoms with E-state index in [1.54, 1.807) is 0 Å². The van der Waals surface area contributed by atoms with Crippen molar-refractivity contribution in [3.05, 3.63) is 0 Å². The summed E-state index contributed by atoms with van der Waals surface area (Å²) in [4.78, 5) is 0. The second-order valence-corrected chi connectivity index (χ2v) is 10.5. The van der Waals surface area contributed by atoms with Gasteiger partial charge in [0.05, 0.1) is 24.9 Å². The molecule has 0 aromatic heterocycles. The largest absolute Gasteiger partial charge is 0.393 e. The zero-order valence-corrected chi connectivity index (χ0v) is 15.6. The number of rotatable bonds is 1. The summed E-state index contributed by atoms with van der Waals surface area (Å²) in [7, 11) is 0. The highest BCUT2D eigenvalue weighted by molar-refractivity contribution is 5.24. The Hall–Kier alpha value is -0.200. The van der Waals surface area contributed by atoms with Crippen LogP contribution in [-0.2, 0) is 0 Å². The Kier molecular flexibility index (Phi) is 3.78. The lowest BCUT2D eigenvalue weighted by Gasteiger charge is -2.65. The van der Waals surface area contributed by atoms with Crippen molar-refractivity contribution in [2.45, 2.75) is 83.2 Å². The van der Waals surface area contributed by atoms with Crippen LogP contribution in [0.15, 0.2) is 0 Å². The lowest BCUT2D eigenvalue weighted by atomic mass is 9.40. The molecule has 144 valence electrons. The van der Waals surface area contributed by atoms with Crippen LogP contribution in [0.5, 0.6) is 0 Å². The molecule has 0 unspecified atom stereocenters. The molecule has 0 heterocycles. The van der Waals surface area contributed by atoms with E-state index in [-0.39, 0.29) is 22.9 Å². The fourth-order valence-electron chi connectivity index (χ4n) is 8.37. The maximum Gasteiger partial charge on any atom is 0.119 e. The Balaban J connectivity index is 1.82. The van der Waals surface area contributed by atoms with Gasteiger partial charge in [-0.2, -0.15) is 0 Å². The van der Waals surface area contributed by atoms with Crippen LogP contribution in [0.4, 0.5) is 0 Å². The quantitative estimate of drug-likeness (QED) is 0.485. The smallest absolute Gasteiger partial charge is 0.119 e. The maximum absolute atomic E-state index is 11.1. The topological polar surface area (TPSA) is 101 Å². The zero-order chi connectivity index (χ0) is 18.4. The average Bonchev–Trinajstić information content (AvgIpc) is 2.61. The molecule has 5 nitrogen and oxygen atoms in total. The molecule has 25 heavy (non-hydrogen) atoms. The predicted octanol–water partition coefficient (Wildman–Crippen LogP) is 1.05. The molecule has 0 aromatic rings. The molecule has 1 spiro atoms. The minimum absolute atomic E-state index is 0.0205. The van der Waals surface area contributed by atoms with E-state index in [4.69, 9.17) is 0 Å². The van der Waals surface area contributed by atoms with Gasteiger partial charge in [-0.05, 0) is 61.2 Å². The molecule has 0 amide bonds. The molecule has 5 N–H and O–H groups in total. The van der Waals surface area contributed by atoms with Crippen LogP contribution in [0.25, 0.3) is 0 Å². The standard InChI is InChI=1S/C20H34O5/c1-17(2)8-11(22)9-18(3)13(17)6-7-19-14(18)5-4-12(15(19)23)20(25,10-21)16(19)24/h11-16,21-25H,4-10H2,1-3H3/t11-,12-,13-,14+,15-,16-,18-,19+,20+/m1/s1. The molecule has 4 fully saturated rings. The fourth-order valence-corrected chi connectivity index (χ4v) is 8.37. The van der Waals surface area contributed by atoms with Crippen LogP contribution in [-0.4, -0.2) is 56.1 Å². The van der Waals surface area contributed by atoms with Gasteiger partial charge >= 0.3 is 0 Å². The van der Waals surface area contributed by atoms with Crippen LogP contribution < -0.4 is 0 Å². The second kappa shape index (κ2) is 5.20. The van der Waals surface area contributed by atoms with Gasteiger partial charge in [-0.15, -0.1) is 0 Å². The summed E-state index contributed by atoms with van der Waals surface area (Å²) in [6.07, 6.45) is 2.22. The first-order valence-corrected chi connectivity index (χ1v) is 9.91. The van der Waals surface area contributed by atoms with Gasteiger partial charge in [-0.3, -0.25) is 0 Å². The molecule has 5 heteroatoms. The highest BCUT2D eigenvalue weighted by Gasteiger charge is 2.75. The number of aliphatic hydroxyl groups is 5. The van der Waals surface area contributed by atoms with Crippen molar-refractivity contribution in [2.24, 2.45) is 34.0 Å². The molecule has 0 aliphatic heterocycles. The summed E-state index contributed by atoms with van der Waals surface area (Å²) in [6, 6.07) is 0. The highest BCUT2D eigenvalue weighted by Crippen LogP contribution is 2.72. The van der Waals surface area contributed by atoms with E-state index >= 15 is 0 Å². The molecule has 9 atom stereocenters. The molecule has 4 rings (SSSR count). The summed E-state index contributed by atoms with van der Waals surface area (Å²) < 4.78 is 0. The van der Waals surface area contributed by atoms with E-state index in [0.717, 1.165) is 19.3 Å². The van der Waals surface area contributed by atoms with Crippen LogP contribution in [0, 0.1) is 34.0 Å². The van der Waals surface area contributed by atoms with Crippen molar-refractivity contribution in [1.82, 2.24) is 0 Å². The Bertz CT molecular complexity index is 564. The van der Waals surface area contributed by atoms with Gasteiger partial charge in [0.15, 0.2) is 0 Å². The summed E-state index contributed by atoms with van der Waals surface area (Å²) in [5.74, 6) is 0.0121. The normalized spacial score (nSPS) is 60.0. The molecular formula is C20H34O5. The van der Waals surface area contributed by atoms with Gasteiger partial charge in [-0.1, -0.05) is 20.8 Å². The summed E-state index contributed by atoms with van der Waals surface area (Å²) in [6.45, 7) is 6.17. The first-order valence-electron chi connectivity index (χ1n) is 9.91. The third kappa shape index (κ3) is 1.97. The summed E-state index contributed by atoms with van der Waals surface area (Å²) in [5.41, 5.74) is -2.53. The van der Waals surface area contributed by atoms with Gasteiger partial charge in [0.1, 0.15) is 5.60 Å². The van der Waals surface area contributed by atoms with Gasteiger partial charge in [0, 0.05) is 11.3 Å². The molecular weight excluding hydrogens is 320 g/mol. The van der Waals surface area contributed by atoms with Crippen LogP contribution in [0.2, 0.25) is 0 Å². The van der Waals surface area contributed by atoms with Crippen molar-refractivity contribution in [3.8, 4) is 0 Å². The van der Waals surface area contributed by atoms with E-state index in [1.807, 2.05) is 0 Å². The van der Waals surface area contributed by atoms with Crippen LogP contribution in [0.3, 0.4) is 0 Å². The lowest BCUT2D eigenvalue weighted by molar-refractivity contribution is -0.223. The minimum Gasteiger partial charge on any atom is -0.393 e. The van der Waals surface area contributed by atoms with Gasteiger partial charge in [0.25, 0.3) is 0 Å². The monoisotopic (exact) mass is 354 g/mol. The van der Waals surface area contributed by atoms with Gasteiger partial charge in [-0.25, -0.2) is 0 Å². The Morgan fingerprint density at radius 3 is 2.24 bits per heavy atom. The van der Waals surface area contributed by atoms with E-state index in [0.29, 0.717) is 25.2 Å². The number of hydrogen-bond donors (Lipinski definition) is 5. The molecule has 4 aliphatic rings. The average molecular weight is 354 g/mol. The summed E-state index contributed by atoms with van der Waals surface area (Å²) in [5, 5.41) is 53.6. The minimum atomic E-state index is -1.61. The molecule has 0 radical (unpaired) electrons. The highest BCUT2D eigenvalue weighted by atomic mass is 16.4. The third-order valence-corrected chi connectivity index (χ3v) is 9.06. The third-order valence-electron chi connectivity index (χ3n) is 9.06. The van der Waals surface area contributed by atoms with E-state index in [1.165, 1.54) is 0 Å². The summed E-state index contributed by atoms with van der Waals surface area (Å²) >= 11 is 0. The molecule has 0 saturated heterocycles. The van der Waals surface area contributed by atoms with E-state index in [9.17, 15) is 25.5 Å². The molecule has 4 saturated carbocycles. The Morgan fingerprint density at radius 1 is 0.920 bits per heavy atom.